The van der Waals surface area contributed by atoms with Crippen LogP contribution in [0, 0.1) is 6.92 Å². The Morgan fingerprint density at radius 1 is 1.30 bits per heavy atom. The number of benzene rings is 2. The summed E-state index contributed by atoms with van der Waals surface area (Å²) < 4.78 is 19.5. The first-order valence-electron chi connectivity index (χ1n) is 9.00. The van der Waals surface area contributed by atoms with Gasteiger partial charge in [0.2, 0.25) is 11.1 Å². The first-order chi connectivity index (χ1) is 14.5. The van der Waals surface area contributed by atoms with Crippen LogP contribution in [0.1, 0.15) is 11.1 Å². The maximum absolute atomic E-state index is 12.8. The van der Waals surface area contributed by atoms with Gasteiger partial charge in [-0.3, -0.25) is 10.0 Å². The van der Waals surface area contributed by atoms with Crippen LogP contribution in [-0.2, 0) is 26.6 Å². The smallest absolute Gasteiger partial charge is 0.263 e. The summed E-state index contributed by atoms with van der Waals surface area (Å²) in [6, 6.07) is 12.2. The third-order valence-electron chi connectivity index (χ3n) is 4.80. The van der Waals surface area contributed by atoms with E-state index >= 15 is 0 Å². The third kappa shape index (κ3) is 4.13. The lowest BCUT2D eigenvalue weighted by molar-refractivity contribution is -0.133. The molecule has 2 unspecified atom stereocenters. The van der Waals surface area contributed by atoms with Crippen LogP contribution in [0.3, 0.4) is 0 Å². The van der Waals surface area contributed by atoms with Crippen molar-refractivity contribution in [2.45, 2.75) is 23.6 Å². The molecule has 0 aliphatic heterocycles. The average molecular weight is 464 g/mol. The van der Waals surface area contributed by atoms with Gasteiger partial charge in [-0.2, -0.15) is 9.76 Å². The molecule has 10 heteroatoms. The van der Waals surface area contributed by atoms with Crippen molar-refractivity contribution in [1.82, 2.24) is 15.9 Å². The Hall–Kier alpha value is -2.27. The monoisotopic (exact) mass is 463 g/mol. The predicted octanol–water partition coefficient (Wildman–Crippen LogP) is 4.00. The minimum Gasteiger partial charge on any atom is -0.361 e. The van der Waals surface area contributed by atoms with E-state index in [2.05, 4.69) is 10.5 Å². The number of thiophene rings is 1. The van der Waals surface area contributed by atoms with E-state index in [0.717, 1.165) is 32.1 Å². The normalized spacial score (nSPS) is 13.6. The summed E-state index contributed by atoms with van der Waals surface area (Å²) >= 11 is 5.54. The number of fused-ring (bicyclic) bond motifs is 2. The van der Waals surface area contributed by atoms with E-state index in [0.29, 0.717) is 9.23 Å². The number of hydroxylamine groups is 2. The molecule has 0 aliphatic carbocycles. The van der Waals surface area contributed by atoms with Crippen LogP contribution in [0.2, 0.25) is 5.02 Å². The molecular formula is C20H18ClN3O4S2. The van der Waals surface area contributed by atoms with Crippen LogP contribution >= 0.6 is 22.9 Å². The lowest BCUT2D eigenvalue weighted by atomic mass is 10.1. The molecule has 4 rings (SSSR count). The standard InChI is InChI=1S/C20H18ClN3O4S2/c1-11-15-9-13(21)6-7-18(15)29-20(11)30(27)28-24-17(19(25)23-26)8-12-10-22-16-5-3-2-4-14(12)16/h2-7,9-10,17,22,24,26H,8H2,1H3,(H,23,25). The predicted molar refractivity (Wildman–Crippen MR) is 118 cm³/mol. The first kappa shape index (κ1) is 21.0. The molecule has 0 spiro atoms. The molecule has 0 bridgehead atoms. The van der Waals surface area contributed by atoms with E-state index in [-0.39, 0.29) is 6.42 Å². The Labute approximate surface area is 183 Å². The minimum absolute atomic E-state index is 0.217. The molecule has 30 heavy (non-hydrogen) atoms. The SMILES string of the molecule is Cc1c(S(=O)ONC(Cc2c[nH]c3ccccc23)C(=O)NO)sc2ccc(Cl)cc12. The second kappa shape index (κ2) is 8.84. The molecule has 156 valence electrons. The van der Waals surface area contributed by atoms with E-state index in [9.17, 15) is 9.00 Å². The quantitative estimate of drug-likeness (QED) is 0.245. The van der Waals surface area contributed by atoms with Gasteiger partial charge in [0, 0.05) is 33.2 Å². The number of para-hydroxylation sites is 1. The molecule has 0 saturated heterocycles. The number of carbonyl (C=O) groups excluding carboxylic acids is 1. The van der Waals surface area contributed by atoms with Gasteiger partial charge in [-0.05, 0) is 47.7 Å². The van der Waals surface area contributed by atoms with Gasteiger partial charge in [-0.25, -0.2) is 9.69 Å². The van der Waals surface area contributed by atoms with Crippen molar-refractivity contribution in [2.75, 3.05) is 0 Å². The van der Waals surface area contributed by atoms with Gasteiger partial charge in [0.15, 0.2) is 0 Å². The Balaban J connectivity index is 1.52. The summed E-state index contributed by atoms with van der Waals surface area (Å²) in [6.07, 6.45) is 2.01. The van der Waals surface area contributed by atoms with Crippen molar-refractivity contribution in [2.24, 2.45) is 0 Å². The van der Waals surface area contributed by atoms with Crippen LogP contribution in [0.4, 0.5) is 0 Å². The van der Waals surface area contributed by atoms with Gasteiger partial charge in [0.05, 0.1) is 0 Å². The van der Waals surface area contributed by atoms with Crippen molar-refractivity contribution in [3.63, 3.8) is 0 Å². The molecule has 2 aromatic heterocycles. The van der Waals surface area contributed by atoms with Gasteiger partial charge in [-0.15, -0.1) is 11.3 Å². The third-order valence-corrected chi connectivity index (χ3v) is 7.61. The number of hydrogen-bond acceptors (Lipinski definition) is 6. The van der Waals surface area contributed by atoms with Gasteiger partial charge < -0.3 is 4.98 Å². The zero-order valence-corrected chi connectivity index (χ0v) is 18.2. The number of hydrogen-bond donors (Lipinski definition) is 4. The van der Waals surface area contributed by atoms with Gasteiger partial charge in [-0.1, -0.05) is 29.8 Å². The maximum atomic E-state index is 12.8. The van der Waals surface area contributed by atoms with E-state index < -0.39 is 23.0 Å². The van der Waals surface area contributed by atoms with Crippen molar-refractivity contribution >= 4 is 60.9 Å². The van der Waals surface area contributed by atoms with E-state index in [1.165, 1.54) is 11.3 Å². The second-order valence-corrected chi connectivity index (χ2v) is 9.47. The van der Waals surface area contributed by atoms with Crippen LogP contribution in [-0.4, -0.2) is 26.3 Å². The summed E-state index contributed by atoms with van der Waals surface area (Å²) in [4.78, 5) is 15.3. The molecular weight excluding hydrogens is 446 g/mol. The lowest BCUT2D eigenvalue weighted by Gasteiger charge is -2.15. The highest BCUT2D eigenvalue weighted by Crippen LogP contribution is 2.34. The molecule has 7 nitrogen and oxygen atoms in total. The summed E-state index contributed by atoms with van der Waals surface area (Å²) in [5.74, 6) is -0.697. The highest BCUT2D eigenvalue weighted by Gasteiger charge is 2.23. The van der Waals surface area contributed by atoms with Crippen LogP contribution in [0.15, 0.2) is 52.9 Å². The Kier molecular flexibility index (Phi) is 6.19. The number of aromatic nitrogens is 1. The average Bonchev–Trinajstić information content (AvgIpc) is 3.31. The highest BCUT2D eigenvalue weighted by molar-refractivity contribution is 7.83. The zero-order chi connectivity index (χ0) is 21.3. The molecule has 4 N–H and O–H groups in total. The molecule has 2 atom stereocenters. The van der Waals surface area contributed by atoms with Gasteiger partial charge in [0.1, 0.15) is 10.3 Å². The highest BCUT2D eigenvalue weighted by atomic mass is 35.5. The molecule has 0 fully saturated rings. The van der Waals surface area contributed by atoms with Crippen molar-refractivity contribution in [3.8, 4) is 0 Å². The second-order valence-electron chi connectivity index (χ2n) is 6.68. The Bertz CT molecular complexity index is 1250. The van der Waals surface area contributed by atoms with E-state index in [1.807, 2.05) is 43.3 Å². The summed E-state index contributed by atoms with van der Waals surface area (Å²) in [5.41, 5.74) is 6.76. The number of halogens is 1. The zero-order valence-electron chi connectivity index (χ0n) is 15.8. The molecule has 0 radical (unpaired) electrons. The van der Waals surface area contributed by atoms with Crippen LogP contribution < -0.4 is 11.0 Å². The number of rotatable bonds is 7. The number of amides is 1. The molecule has 2 heterocycles. The largest absolute Gasteiger partial charge is 0.361 e. The molecule has 0 saturated carbocycles. The van der Waals surface area contributed by atoms with Crippen molar-refractivity contribution in [3.05, 3.63) is 64.8 Å². The summed E-state index contributed by atoms with van der Waals surface area (Å²) in [6.45, 7) is 1.84. The van der Waals surface area contributed by atoms with Crippen molar-refractivity contribution < 1.29 is 18.5 Å². The van der Waals surface area contributed by atoms with Crippen molar-refractivity contribution in [1.29, 1.82) is 0 Å². The molecule has 0 aliphatic rings. The van der Waals surface area contributed by atoms with E-state index in [1.54, 1.807) is 17.7 Å². The minimum atomic E-state index is -1.85. The van der Waals surface area contributed by atoms with Crippen LogP contribution in [0.25, 0.3) is 21.0 Å². The van der Waals surface area contributed by atoms with Gasteiger partial charge in [0.25, 0.3) is 5.91 Å². The summed E-state index contributed by atoms with van der Waals surface area (Å²) in [7, 11) is 0. The number of nitrogens with one attached hydrogen (secondary N) is 3. The molecule has 4 aromatic rings. The van der Waals surface area contributed by atoms with Crippen LogP contribution in [0.5, 0.6) is 0 Å². The number of aromatic amines is 1. The fourth-order valence-electron chi connectivity index (χ4n) is 3.26. The van der Waals surface area contributed by atoms with Gasteiger partial charge >= 0.3 is 0 Å². The lowest BCUT2D eigenvalue weighted by Crippen LogP contribution is -2.44. The molecule has 1 amide bonds. The molecule has 2 aromatic carbocycles. The maximum Gasteiger partial charge on any atom is 0.263 e. The Morgan fingerprint density at radius 2 is 2.10 bits per heavy atom. The number of carbonyl (C=O) groups is 1. The summed E-state index contributed by atoms with van der Waals surface area (Å²) in [5, 5.41) is 11.6. The Morgan fingerprint density at radius 3 is 2.90 bits per heavy atom. The first-order valence-corrected chi connectivity index (χ1v) is 11.3. The fraction of sp³-hybridized carbons (Fsp3) is 0.150. The fourth-order valence-corrected chi connectivity index (χ4v) is 5.63. The number of aryl methyl sites for hydroxylation is 1. The number of H-pyrrole nitrogens is 1. The van der Waals surface area contributed by atoms with E-state index in [4.69, 9.17) is 21.1 Å². The topological polar surface area (TPSA) is 103 Å².